The summed E-state index contributed by atoms with van der Waals surface area (Å²) in [5.41, 5.74) is 8.35. The predicted molar refractivity (Wildman–Crippen MR) is 73.4 cm³/mol. The van der Waals surface area contributed by atoms with E-state index >= 15 is 0 Å². The van der Waals surface area contributed by atoms with E-state index in [2.05, 4.69) is 19.9 Å². The number of fused-ring (bicyclic) bond motifs is 1. The molecule has 2 aromatic heterocycles. The van der Waals surface area contributed by atoms with Crippen LogP contribution in [0.15, 0.2) is 24.5 Å². The van der Waals surface area contributed by atoms with Gasteiger partial charge in [0.05, 0.1) is 5.69 Å². The third-order valence-corrected chi connectivity index (χ3v) is 3.25. The number of nitrogens with zero attached hydrogens (tertiary/aromatic N) is 3. The van der Waals surface area contributed by atoms with E-state index in [-0.39, 0.29) is 23.4 Å². The second kappa shape index (κ2) is 4.37. The van der Waals surface area contributed by atoms with Crippen molar-refractivity contribution in [2.75, 3.05) is 5.73 Å². The quantitative estimate of drug-likeness (QED) is 0.524. The average Bonchev–Trinajstić information content (AvgIpc) is 2.81. The number of nitrogen functional groups attached to an aromatic ring is 1. The number of H-pyrrole nitrogens is 1. The first-order valence-corrected chi connectivity index (χ1v) is 6.04. The SMILES string of the molecule is CC(c1ccc(O)c(O)c1)c1ncnc2nc(N)[nH]c12. The normalized spacial score (nSPS) is 12.7. The number of nitrogens with two attached hydrogens (primary N) is 1. The van der Waals surface area contributed by atoms with Crippen molar-refractivity contribution in [3.05, 3.63) is 35.8 Å². The van der Waals surface area contributed by atoms with Crippen LogP contribution in [0.4, 0.5) is 5.95 Å². The van der Waals surface area contributed by atoms with Gasteiger partial charge in [0.2, 0.25) is 0 Å². The zero-order valence-electron chi connectivity index (χ0n) is 10.7. The second-order valence-electron chi connectivity index (χ2n) is 4.55. The number of hydrogen-bond acceptors (Lipinski definition) is 6. The lowest BCUT2D eigenvalue weighted by Crippen LogP contribution is -2.01. The molecule has 0 aliphatic carbocycles. The summed E-state index contributed by atoms with van der Waals surface area (Å²) in [6.45, 7) is 1.94. The monoisotopic (exact) mass is 271 g/mol. The van der Waals surface area contributed by atoms with Crippen LogP contribution in [0.25, 0.3) is 11.2 Å². The standard InChI is InChI=1S/C13H13N5O2/c1-6(7-2-3-8(19)9(20)4-7)10-11-12(16-5-15-10)18-13(14)17-11/h2-6,19-20H,1H3,(H3,14,15,16,17,18). The Morgan fingerprint density at radius 2 is 2.00 bits per heavy atom. The van der Waals surface area contributed by atoms with Crippen molar-refractivity contribution in [3.63, 3.8) is 0 Å². The highest BCUT2D eigenvalue weighted by molar-refractivity contribution is 5.76. The fourth-order valence-electron chi connectivity index (χ4n) is 2.16. The van der Waals surface area contributed by atoms with Gasteiger partial charge in [0.25, 0.3) is 0 Å². The summed E-state index contributed by atoms with van der Waals surface area (Å²) >= 11 is 0. The van der Waals surface area contributed by atoms with E-state index in [1.165, 1.54) is 18.5 Å². The van der Waals surface area contributed by atoms with Crippen LogP contribution in [0.2, 0.25) is 0 Å². The third-order valence-electron chi connectivity index (χ3n) is 3.25. The zero-order chi connectivity index (χ0) is 14.3. The lowest BCUT2D eigenvalue weighted by molar-refractivity contribution is 0.403. The van der Waals surface area contributed by atoms with Crippen molar-refractivity contribution in [2.24, 2.45) is 0 Å². The molecule has 20 heavy (non-hydrogen) atoms. The maximum Gasteiger partial charge on any atom is 0.200 e. The Balaban J connectivity index is 2.12. The molecule has 0 saturated carbocycles. The molecule has 0 saturated heterocycles. The van der Waals surface area contributed by atoms with Gasteiger partial charge in [-0.3, -0.25) is 0 Å². The van der Waals surface area contributed by atoms with Crippen LogP contribution in [-0.2, 0) is 0 Å². The number of rotatable bonds is 2. The number of anilines is 1. The van der Waals surface area contributed by atoms with Crippen molar-refractivity contribution < 1.29 is 10.2 Å². The smallest absolute Gasteiger partial charge is 0.200 e. The number of nitrogens with one attached hydrogen (secondary N) is 1. The summed E-state index contributed by atoms with van der Waals surface area (Å²) in [7, 11) is 0. The molecule has 0 spiro atoms. The van der Waals surface area contributed by atoms with Crippen molar-refractivity contribution in [1.82, 2.24) is 19.9 Å². The van der Waals surface area contributed by atoms with Crippen molar-refractivity contribution in [1.29, 1.82) is 0 Å². The molecule has 1 aromatic carbocycles. The summed E-state index contributed by atoms with van der Waals surface area (Å²) in [5, 5.41) is 19.0. The summed E-state index contributed by atoms with van der Waals surface area (Å²) in [6.07, 6.45) is 1.43. The molecule has 0 radical (unpaired) electrons. The number of phenols is 2. The van der Waals surface area contributed by atoms with Crippen molar-refractivity contribution in [3.8, 4) is 11.5 Å². The Bertz CT molecular complexity index is 784. The first-order valence-electron chi connectivity index (χ1n) is 6.04. The predicted octanol–water partition coefficient (Wildman–Crippen LogP) is 1.50. The molecule has 0 bridgehead atoms. The number of benzene rings is 1. The average molecular weight is 271 g/mol. The fourth-order valence-corrected chi connectivity index (χ4v) is 2.16. The van der Waals surface area contributed by atoms with Crippen LogP contribution in [0.3, 0.4) is 0 Å². The molecule has 0 aliphatic rings. The molecule has 1 unspecified atom stereocenters. The second-order valence-corrected chi connectivity index (χ2v) is 4.55. The van der Waals surface area contributed by atoms with Crippen molar-refractivity contribution in [2.45, 2.75) is 12.8 Å². The van der Waals surface area contributed by atoms with Crippen LogP contribution < -0.4 is 5.73 Å². The highest BCUT2D eigenvalue weighted by Gasteiger charge is 2.17. The molecule has 0 aliphatic heterocycles. The maximum absolute atomic E-state index is 9.59. The number of aromatic nitrogens is 4. The summed E-state index contributed by atoms with van der Waals surface area (Å²) in [4.78, 5) is 15.3. The van der Waals surface area contributed by atoms with E-state index < -0.39 is 0 Å². The summed E-state index contributed by atoms with van der Waals surface area (Å²) in [6, 6.07) is 4.68. The molecule has 1 atom stereocenters. The Hall–Kier alpha value is -2.83. The van der Waals surface area contributed by atoms with Gasteiger partial charge in [-0.15, -0.1) is 0 Å². The van der Waals surface area contributed by atoms with Crippen LogP contribution in [0.1, 0.15) is 24.1 Å². The Morgan fingerprint density at radius 1 is 1.20 bits per heavy atom. The lowest BCUT2D eigenvalue weighted by Gasteiger charge is -2.12. The van der Waals surface area contributed by atoms with E-state index in [0.29, 0.717) is 11.2 Å². The van der Waals surface area contributed by atoms with Gasteiger partial charge in [-0.05, 0) is 17.7 Å². The number of hydrogen-bond donors (Lipinski definition) is 4. The molecule has 102 valence electrons. The minimum atomic E-state index is -0.163. The number of imidazole rings is 1. The summed E-state index contributed by atoms with van der Waals surface area (Å²) < 4.78 is 0. The van der Waals surface area contributed by atoms with Crippen molar-refractivity contribution >= 4 is 17.1 Å². The van der Waals surface area contributed by atoms with Gasteiger partial charge in [0.15, 0.2) is 23.1 Å². The van der Waals surface area contributed by atoms with E-state index in [9.17, 15) is 10.2 Å². The Kier molecular flexibility index (Phi) is 2.67. The Morgan fingerprint density at radius 3 is 2.75 bits per heavy atom. The zero-order valence-corrected chi connectivity index (χ0v) is 10.7. The summed E-state index contributed by atoms with van der Waals surface area (Å²) in [5.74, 6) is -0.155. The largest absolute Gasteiger partial charge is 0.504 e. The number of aromatic hydroxyl groups is 2. The van der Waals surface area contributed by atoms with Crippen LogP contribution >= 0.6 is 0 Å². The Labute approximate surface area is 114 Å². The van der Waals surface area contributed by atoms with Gasteiger partial charge < -0.3 is 20.9 Å². The van der Waals surface area contributed by atoms with Gasteiger partial charge in [0.1, 0.15) is 11.8 Å². The van der Waals surface area contributed by atoms with Crippen LogP contribution in [0.5, 0.6) is 11.5 Å². The van der Waals surface area contributed by atoms with Crippen LogP contribution in [0, 0.1) is 0 Å². The van der Waals surface area contributed by atoms with Gasteiger partial charge in [-0.1, -0.05) is 13.0 Å². The molecule has 7 heteroatoms. The molecule has 0 fully saturated rings. The molecular formula is C13H13N5O2. The number of phenolic OH excluding ortho intramolecular Hbond substituents is 2. The first-order chi connectivity index (χ1) is 9.56. The lowest BCUT2D eigenvalue weighted by atomic mass is 9.96. The minimum Gasteiger partial charge on any atom is -0.504 e. The van der Waals surface area contributed by atoms with Gasteiger partial charge in [-0.25, -0.2) is 9.97 Å². The van der Waals surface area contributed by atoms with E-state index in [1.807, 2.05) is 6.92 Å². The highest BCUT2D eigenvalue weighted by Crippen LogP contribution is 2.32. The molecule has 5 N–H and O–H groups in total. The molecule has 3 aromatic rings. The van der Waals surface area contributed by atoms with E-state index in [1.54, 1.807) is 6.07 Å². The molecule has 7 nitrogen and oxygen atoms in total. The fraction of sp³-hybridized carbons (Fsp3) is 0.154. The molecule has 0 amide bonds. The first kappa shape index (κ1) is 12.2. The van der Waals surface area contributed by atoms with Gasteiger partial charge in [-0.2, -0.15) is 4.98 Å². The van der Waals surface area contributed by atoms with Gasteiger partial charge in [0, 0.05) is 5.92 Å². The molecule has 3 rings (SSSR count). The number of aromatic amines is 1. The van der Waals surface area contributed by atoms with E-state index in [0.717, 1.165) is 11.3 Å². The molecule has 2 heterocycles. The van der Waals surface area contributed by atoms with E-state index in [4.69, 9.17) is 5.73 Å². The van der Waals surface area contributed by atoms with Gasteiger partial charge >= 0.3 is 0 Å². The maximum atomic E-state index is 9.59. The third kappa shape index (κ3) is 1.89. The topological polar surface area (TPSA) is 121 Å². The van der Waals surface area contributed by atoms with Crippen LogP contribution in [-0.4, -0.2) is 30.1 Å². The highest BCUT2D eigenvalue weighted by atomic mass is 16.3. The molecular weight excluding hydrogens is 258 g/mol. The minimum absolute atomic E-state index is 0.119.